The van der Waals surface area contributed by atoms with E-state index in [2.05, 4.69) is 16.2 Å². The molecule has 1 amide bonds. The van der Waals surface area contributed by atoms with Crippen molar-refractivity contribution in [3.8, 4) is 17.7 Å². The molecule has 0 unspecified atom stereocenters. The largest absolute Gasteiger partial charge is 0.461 e. The zero-order chi connectivity index (χ0) is 17.6. The molecule has 2 heterocycles. The van der Waals surface area contributed by atoms with Gasteiger partial charge >= 0.3 is 0 Å². The Labute approximate surface area is 144 Å². The van der Waals surface area contributed by atoms with E-state index in [1.165, 1.54) is 6.26 Å². The number of nitriles is 1. The van der Waals surface area contributed by atoms with Crippen LogP contribution in [-0.2, 0) is 17.8 Å². The number of furan rings is 1. The van der Waals surface area contributed by atoms with Crippen molar-refractivity contribution >= 4 is 5.91 Å². The summed E-state index contributed by atoms with van der Waals surface area (Å²) in [6, 6.07) is 12.7. The number of carbonyl (C=O) groups is 1. The number of hydrogen-bond acceptors (Lipinski definition) is 6. The number of benzene rings is 1. The summed E-state index contributed by atoms with van der Waals surface area (Å²) in [6.07, 6.45) is 2.17. The van der Waals surface area contributed by atoms with Crippen molar-refractivity contribution in [3.05, 3.63) is 59.7 Å². The summed E-state index contributed by atoms with van der Waals surface area (Å²) < 4.78 is 10.3. The fourth-order valence-corrected chi connectivity index (χ4v) is 2.31. The number of rotatable bonds is 6. The summed E-state index contributed by atoms with van der Waals surface area (Å²) >= 11 is 0. The summed E-state index contributed by atoms with van der Waals surface area (Å²) in [5, 5.41) is 12.6. The number of carbonyl (C=O) groups excluding carboxylic acids is 1. The molecule has 0 atom stereocenters. The third kappa shape index (κ3) is 4.12. The Kier molecular flexibility index (Phi) is 4.90. The van der Waals surface area contributed by atoms with Gasteiger partial charge in [0.25, 0.3) is 0 Å². The summed E-state index contributed by atoms with van der Waals surface area (Å²) in [5.41, 5.74) is 1.56. The van der Waals surface area contributed by atoms with Gasteiger partial charge in [0.2, 0.25) is 17.6 Å². The van der Waals surface area contributed by atoms with Gasteiger partial charge in [0, 0.05) is 26.4 Å². The number of aryl methyl sites for hydroxylation is 1. The first-order chi connectivity index (χ1) is 12.2. The van der Waals surface area contributed by atoms with E-state index in [-0.39, 0.29) is 12.3 Å². The molecule has 2 aromatic heterocycles. The van der Waals surface area contributed by atoms with E-state index in [1.807, 2.05) is 12.1 Å². The average Bonchev–Trinajstić information content (AvgIpc) is 3.31. The highest BCUT2D eigenvalue weighted by atomic mass is 16.5. The highest BCUT2D eigenvalue weighted by Gasteiger charge is 2.14. The van der Waals surface area contributed by atoms with Gasteiger partial charge in [-0.3, -0.25) is 4.79 Å². The molecule has 7 heteroatoms. The van der Waals surface area contributed by atoms with Crippen LogP contribution in [0, 0.1) is 11.3 Å². The maximum Gasteiger partial charge on any atom is 0.238 e. The van der Waals surface area contributed by atoms with Crippen LogP contribution in [0.15, 0.2) is 51.6 Å². The highest BCUT2D eigenvalue weighted by Crippen LogP contribution is 2.16. The van der Waals surface area contributed by atoms with Gasteiger partial charge in [-0.15, -0.1) is 0 Å². The predicted octanol–water partition coefficient (Wildman–Crippen LogP) is 2.79. The van der Waals surface area contributed by atoms with Gasteiger partial charge in [0.1, 0.15) is 0 Å². The molecular formula is C18H16N4O3. The minimum Gasteiger partial charge on any atom is -0.461 e. The van der Waals surface area contributed by atoms with Crippen LogP contribution in [0.2, 0.25) is 0 Å². The highest BCUT2D eigenvalue weighted by molar-refractivity contribution is 5.76. The van der Waals surface area contributed by atoms with Gasteiger partial charge in [-0.2, -0.15) is 10.2 Å². The van der Waals surface area contributed by atoms with Crippen LogP contribution in [-0.4, -0.2) is 28.0 Å². The predicted molar refractivity (Wildman–Crippen MR) is 88.0 cm³/mol. The van der Waals surface area contributed by atoms with E-state index in [0.717, 1.165) is 5.56 Å². The van der Waals surface area contributed by atoms with Crippen LogP contribution >= 0.6 is 0 Å². The minimum absolute atomic E-state index is 0.0258. The second-order valence-corrected chi connectivity index (χ2v) is 5.55. The molecule has 0 aliphatic heterocycles. The lowest BCUT2D eigenvalue weighted by molar-refractivity contribution is -0.130. The van der Waals surface area contributed by atoms with Crippen molar-refractivity contribution in [3.63, 3.8) is 0 Å². The summed E-state index contributed by atoms with van der Waals surface area (Å²) in [7, 11) is 1.74. The monoisotopic (exact) mass is 336 g/mol. The van der Waals surface area contributed by atoms with Crippen molar-refractivity contribution in [2.45, 2.75) is 19.4 Å². The van der Waals surface area contributed by atoms with Gasteiger partial charge in [-0.1, -0.05) is 17.3 Å². The molecule has 0 spiro atoms. The average molecular weight is 336 g/mol. The quantitative estimate of drug-likeness (QED) is 0.687. The second-order valence-electron chi connectivity index (χ2n) is 5.55. The molecule has 0 aliphatic carbocycles. The molecule has 7 nitrogen and oxygen atoms in total. The third-order valence-electron chi connectivity index (χ3n) is 3.69. The molecule has 126 valence electrons. The smallest absolute Gasteiger partial charge is 0.238 e. The summed E-state index contributed by atoms with van der Waals surface area (Å²) in [4.78, 5) is 18.1. The Morgan fingerprint density at radius 1 is 1.28 bits per heavy atom. The molecular weight excluding hydrogens is 320 g/mol. The van der Waals surface area contributed by atoms with E-state index in [1.54, 1.807) is 36.2 Å². The van der Waals surface area contributed by atoms with Gasteiger partial charge < -0.3 is 13.8 Å². The molecule has 0 saturated carbocycles. The maximum atomic E-state index is 12.2. The van der Waals surface area contributed by atoms with E-state index in [0.29, 0.717) is 36.0 Å². The Morgan fingerprint density at radius 2 is 2.08 bits per heavy atom. The molecule has 0 aliphatic rings. The van der Waals surface area contributed by atoms with E-state index in [4.69, 9.17) is 14.2 Å². The molecule has 0 fully saturated rings. The standard InChI is InChI=1S/C18H16N4O3/c1-22(12-14-6-4-13(11-19)5-7-14)17(23)9-8-16-20-18(21-25-16)15-3-2-10-24-15/h2-7,10H,8-9,12H2,1H3. The number of hydrogen-bond donors (Lipinski definition) is 0. The first-order valence-electron chi connectivity index (χ1n) is 7.75. The van der Waals surface area contributed by atoms with Gasteiger partial charge in [0.05, 0.1) is 17.9 Å². The summed E-state index contributed by atoms with van der Waals surface area (Å²) in [5.74, 6) is 1.27. The molecule has 3 aromatic rings. The second kappa shape index (κ2) is 7.45. The van der Waals surface area contributed by atoms with Crippen LogP contribution in [0.5, 0.6) is 0 Å². The van der Waals surface area contributed by atoms with E-state index in [9.17, 15) is 4.79 Å². The van der Waals surface area contributed by atoms with Crippen molar-refractivity contribution in [2.24, 2.45) is 0 Å². The van der Waals surface area contributed by atoms with E-state index >= 15 is 0 Å². The van der Waals surface area contributed by atoms with Crippen molar-refractivity contribution in [1.29, 1.82) is 5.26 Å². The maximum absolute atomic E-state index is 12.2. The fraction of sp³-hybridized carbons (Fsp3) is 0.222. The minimum atomic E-state index is -0.0258. The topological polar surface area (TPSA) is 96.2 Å². The van der Waals surface area contributed by atoms with E-state index < -0.39 is 0 Å². The SMILES string of the molecule is CN(Cc1ccc(C#N)cc1)C(=O)CCc1nc(-c2ccco2)no1. The van der Waals surface area contributed by atoms with Crippen LogP contribution in [0.3, 0.4) is 0 Å². The van der Waals surface area contributed by atoms with Crippen LogP contribution < -0.4 is 0 Å². The Balaban J connectivity index is 1.52. The van der Waals surface area contributed by atoms with Crippen LogP contribution in [0.1, 0.15) is 23.4 Å². The lowest BCUT2D eigenvalue weighted by Gasteiger charge is -2.16. The Bertz CT molecular complexity index is 876. The molecule has 1 aromatic carbocycles. The lowest BCUT2D eigenvalue weighted by Crippen LogP contribution is -2.26. The molecule has 0 radical (unpaired) electrons. The molecule has 3 rings (SSSR count). The van der Waals surface area contributed by atoms with Gasteiger partial charge in [0.15, 0.2) is 5.76 Å². The fourth-order valence-electron chi connectivity index (χ4n) is 2.31. The summed E-state index contributed by atoms with van der Waals surface area (Å²) in [6.45, 7) is 0.478. The van der Waals surface area contributed by atoms with Crippen molar-refractivity contribution in [1.82, 2.24) is 15.0 Å². The van der Waals surface area contributed by atoms with Crippen molar-refractivity contribution < 1.29 is 13.7 Å². The van der Waals surface area contributed by atoms with Gasteiger partial charge in [-0.25, -0.2) is 0 Å². The molecule has 0 saturated heterocycles. The number of aromatic nitrogens is 2. The number of nitrogens with zero attached hydrogens (tertiary/aromatic N) is 4. The normalized spacial score (nSPS) is 10.4. The van der Waals surface area contributed by atoms with Crippen molar-refractivity contribution in [2.75, 3.05) is 7.05 Å². The third-order valence-corrected chi connectivity index (χ3v) is 3.69. The molecule has 0 N–H and O–H groups in total. The Morgan fingerprint density at radius 3 is 2.76 bits per heavy atom. The van der Waals surface area contributed by atoms with Gasteiger partial charge in [-0.05, 0) is 29.8 Å². The van der Waals surface area contributed by atoms with Crippen LogP contribution in [0.4, 0.5) is 0 Å². The van der Waals surface area contributed by atoms with Crippen LogP contribution in [0.25, 0.3) is 11.6 Å². The zero-order valence-corrected chi connectivity index (χ0v) is 13.7. The zero-order valence-electron chi connectivity index (χ0n) is 13.7. The first kappa shape index (κ1) is 16.5. The first-order valence-corrected chi connectivity index (χ1v) is 7.75. The number of amides is 1. The molecule has 0 bridgehead atoms. The molecule has 25 heavy (non-hydrogen) atoms. The Hall–Kier alpha value is -3.40. The lowest BCUT2D eigenvalue weighted by atomic mass is 10.1.